The SMILES string of the molecule is O=C(N/N=C\c1ccc(-c2ccc(Cl)c(Cl)c2)o1)c1ccc[nH]1. The Morgan fingerprint density at radius 3 is 2.78 bits per heavy atom. The van der Waals surface area contributed by atoms with E-state index in [-0.39, 0.29) is 5.91 Å². The lowest BCUT2D eigenvalue weighted by atomic mass is 10.2. The number of hydrogen-bond acceptors (Lipinski definition) is 3. The van der Waals surface area contributed by atoms with Crippen molar-refractivity contribution >= 4 is 35.3 Å². The van der Waals surface area contributed by atoms with Crippen molar-refractivity contribution in [2.45, 2.75) is 0 Å². The fourth-order valence-corrected chi connectivity index (χ4v) is 2.21. The van der Waals surface area contributed by atoms with Crippen LogP contribution < -0.4 is 5.43 Å². The fraction of sp³-hybridized carbons (Fsp3) is 0. The molecule has 23 heavy (non-hydrogen) atoms. The lowest BCUT2D eigenvalue weighted by Gasteiger charge is -1.99. The Morgan fingerprint density at radius 2 is 2.04 bits per heavy atom. The Labute approximate surface area is 141 Å². The van der Waals surface area contributed by atoms with E-state index < -0.39 is 0 Å². The molecule has 0 aliphatic heterocycles. The highest BCUT2D eigenvalue weighted by molar-refractivity contribution is 6.42. The number of furan rings is 1. The van der Waals surface area contributed by atoms with E-state index in [2.05, 4.69) is 15.5 Å². The van der Waals surface area contributed by atoms with E-state index in [1.165, 1.54) is 6.21 Å². The number of carbonyl (C=O) groups is 1. The zero-order chi connectivity index (χ0) is 16.2. The molecule has 3 aromatic rings. The summed E-state index contributed by atoms with van der Waals surface area (Å²) < 4.78 is 5.63. The van der Waals surface area contributed by atoms with Gasteiger partial charge in [-0.05, 0) is 42.5 Å². The number of aromatic nitrogens is 1. The lowest BCUT2D eigenvalue weighted by Crippen LogP contribution is -2.17. The fourth-order valence-electron chi connectivity index (χ4n) is 1.91. The molecule has 116 valence electrons. The second kappa shape index (κ2) is 6.73. The molecule has 0 bridgehead atoms. The summed E-state index contributed by atoms with van der Waals surface area (Å²) in [5.41, 5.74) is 3.63. The Hall–Kier alpha value is -2.50. The molecule has 5 nitrogen and oxygen atoms in total. The molecule has 0 fully saturated rings. The van der Waals surface area contributed by atoms with Crippen LogP contribution in [0.15, 0.2) is 58.2 Å². The third-order valence-electron chi connectivity index (χ3n) is 3.03. The first-order valence-corrected chi connectivity index (χ1v) is 7.41. The van der Waals surface area contributed by atoms with Gasteiger partial charge in [0, 0.05) is 11.8 Å². The van der Waals surface area contributed by atoms with E-state index in [1.807, 2.05) is 0 Å². The maximum Gasteiger partial charge on any atom is 0.287 e. The molecule has 1 aromatic carbocycles. The second-order valence-corrected chi connectivity index (χ2v) is 5.43. The predicted molar refractivity (Wildman–Crippen MR) is 90.0 cm³/mol. The number of amides is 1. The summed E-state index contributed by atoms with van der Waals surface area (Å²) >= 11 is 11.9. The molecule has 2 N–H and O–H groups in total. The molecule has 0 aliphatic rings. The Kier molecular flexibility index (Phi) is 4.50. The molecular formula is C16H11Cl2N3O2. The number of aromatic amines is 1. The van der Waals surface area contributed by atoms with E-state index in [0.29, 0.717) is 27.3 Å². The Morgan fingerprint density at radius 1 is 1.17 bits per heavy atom. The van der Waals surface area contributed by atoms with Crippen LogP contribution in [0, 0.1) is 0 Å². The minimum atomic E-state index is -0.331. The van der Waals surface area contributed by atoms with Gasteiger partial charge >= 0.3 is 0 Å². The van der Waals surface area contributed by atoms with Crippen LogP contribution in [-0.2, 0) is 0 Å². The van der Waals surface area contributed by atoms with Crippen LogP contribution in [-0.4, -0.2) is 17.1 Å². The van der Waals surface area contributed by atoms with Crippen LogP contribution >= 0.6 is 23.2 Å². The summed E-state index contributed by atoms with van der Waals surface area (Å²) in [7, 11) is 0. The monoisotopic (exact) mass is 347 g/mol. The summed E-state index contributed by atoms with van der Waals surface area (Å²) in [6, 6.07) is 12.1. The first kappa shape index (κ1) is 15.4. The molecular weight excluding hydrogens is 337 g/mol. The van der Waals surface area contributed by atoms with Gasteiger partial charge in [-0.2, -0.15) is 5.10 Å². The molecule has 0 unspecified atom stereocenters. The molecule has 0 saturated carbocycles. The van der Waals surface area contributed by atoms with Gasteiger partial charge in [-0.15, -0.1) is 0 Å². The topological polar surface area (TPSA) is 70.4 Å². The maximum absolute atomic E-state index is 11.7. The largest absolute Gasteiger partial charge is 0.455 e. The Balaban J connectivity index is 1.68. The molecule has 0 aliphatic carbocycles. The van der Waals surface area contributed by atoms with Crippen LogP contribution in [0.3, 0.4) is 0 Å². The molecule has 0 atom stereocenters. The Bertz CT molecular complexity index is 854. The molecule has 0 spiro atoms. The van der Waals surface area contributed by atoms with Crippen molar-refractivity contribution in [2.75, 3.05) is 0 Å². The average molecular weight is 348 g/mol. The minimum absolute atomic E-state index is 0.331. The maximum atomic E-state index is 11.7. The standard InChI is InChI=1S/C16H11Cl2N3O2/c17-12-5-3-10(8-13(12)18)15-6-4-11(23-15)9-20-21-16(22)14-2-1-7-19-14/h1-9,19H,(H,21,22)/b20-9-. The van der Waals surface area contributed by atoms with Gasteiger partial charge < -0.3 is 9.40 Å². The number of nitrogens with zero attached hydrogens (tertiary/aromatic N) is 1. The number of hydrazone groups is 1. The molecule has 1 amide bonds. The quantitative estimate of drug-likeness (QED) is 0.544. The van der Waals surface area contributed by atoms with Gasteiger partial charge in [0.1, 0.15) is 17.2 Å². The van der Waals surface area contributed by atoms with Crippen molar-refractivity contribution in [3.8, 4) is 11.3 Å². The van der Waals surface area contributed by atoms with Gasteiger partial charge in [-0.1, -0.05) is 23.2 Å². The summed E-state index contributed by atoms with van der Waals surface area (Å²) in [5, 5.41) is 4.79. The van der Waals surface area contributed by atoms with Crippen LogP contribution in [0.5, 0.6) is 0 Å². The zero-order valence-corrected chi connectivity index (χ0v) is 13.2. The zero-order valence-electron chi connectivity index (χ0n) is 11.7. The third kappa shape index (κ3) is 3.64. The third-order valence-corrected chi connectivity index (χ3v) is 3.77. The number of halogens is 2. The van der Waals surface area contributed by atoms with E-state index in [4.69, 9.17) is 27.6 Å². The first-order valence-electron chi connectivity index (χ1n) is 6.65. The number of carbonyl (C=O) groups excluding carboxylic acids is 1. The highest BCUT2D eigenvalue weighted by Gasteiger charge is 2.07. The van der Waals surface area contributed by atoms with E-state index in [0.717, 1.165) is 5.56 Å². The van der Waals surface area contributed by atoms with Crippen LogP contribution in [0.2, 0.25) is 10.0 Å². The predicted octanol–water partition coefficient (Wildman–Crippen LogP) is 4.35. The second-order valence-electron chi connectivity index (χ2n) is 4.61. The van der Waals surface area contributed by atoms with Gasteiger partial charge in [-0.3, -0.25) is 4.79 Å². The lowest BCUT2D eigenvalue weighted by molar-refractivity contribution is 0.0951. The normalized spacial score (nSPS) is 11.0. The number of rotatable bonds is 4. The van der Waals surface area contributed by atoms with E-state index in [1.54, 1.807) is 48.7 Å². The summed E-state index contributed by atoms with van der Waals surface area (Å²) in [5.74, 6) is 0.793. The molecule has 7 heteroatoms. The number of hydrogen-bond donors (Lipinski definition) is 2. The molecule has 0 saturated heterocycles. The van der Waals surface area contributed by atoms with E-state index >= 15 is 0 Å². The first-order chi connectivity index (χ1) is 11.1. The van der Waals surface area contributed by atoms with Gasteiger partial charge in [0.05, 0.1) is 16.3 Å². The van der Waals surface area contributed by atoms with Gasteiger partial charge in [0.2, 0.25) is 0 Å². The molecule has 3 rings (SSSR count). The van der Waals surface area contributed by atoms with Gasteiger partial charge in [0.25, 0.3) is 5.91 Å². The average Bonchev–Trinajstić information content (AvgIpc) is 3.21. The van der Waals surface area contributed by atoms with Crippen molar-refractivity contribution in [1.82, 2.24) is 10.4 Å². The van der Waals surface area contributed by atoms with E-state index in [9.17, 15) is 4.79 Å². The molecule has 2 aromatic heterocycles. The number of H-pyrrole nitrogens is 1. The number of benzene rings is 1. The van der Waals surface area contributed by atoms with Crippen molar-refractivity contribution < 1.29 is 9.21 Å². The van der Waals surface area contributed by atoms with Crippen LogP contribution in [0.4, 0.5) is 0 Å². The minimum Gasteiger partial charge on any atom is -0.455 e. The highest BCUT2D eigenvalue weighted by Crippen LogP contribution is 2.29. The van der Waals surface area contributed by atoms with Crippen molar-refractivity contribution in [2.24, 2.45) is 5.10 Å². The summed E-state index contributed by atoms with van der Waals surface area (Å²) in [6.07, 6.45) is 3.08. The molecule has 0 radical (unpaired) electrons. The number of nitrogens with one attached hydrogen (secondary N) is 2. The van der Waals surface area contributed by atoms with Crippen molar-refractivity contribution in [3.63, 3.8) is 0 Å². The van der Waals surface area contributed by atoms with Crippen LogP contribution in [0.1, 0.15) is 16.2 Å². The smallest absolute Gasteiger partial charge is 0.287 e. The van der Waals surface area contributed by atoms with Gasteiger partial charge in [0.15, 0.2) is 0 Å². The summed E-state index contributed by atoms with van der Waals surface area (Å²) in [4.78, 5) is 14.5. The van der Waals surface area contributed by atoms with Gasteiger partial charge in [-0.25, -0.2) is 5.43 Å². The highest BCUT2D eigenvalue weighted by atomic mass is 35.5. The van der Waals surface area contributed by atoms with Crippen molar-refractivity contribution in [3.05, 3.63) is 70.2 Å². The van der Waals surface area contributed by atoms with Crippen LogP contribution in [0.25, 0.3) is 11.3 Å². The molecule has 2 heterocycles. The summed E-state index contributed by atoms with van der Waals surface area (Å²) in [6.45, 7) is 0. The van der Waals surface area contributed by atoms with Crippen molar-refractivity contribution in [1.29, 1.82) is 0 Å².